The highest BCUT2D eigenvalue weighted by atomic mass is 16.5. The number of ether oxygens (including phenoxy) is 2. The molecule has 1 rings (SSSR count). The van der Waals surface area contributed by atoms with Gasteiger partial charge < -0.3 is 14.8 Å². The quantitative estimate of drug-likeness (QED) is 0.749. The molecule has 0 aliphatic carbocycles. The number of benzene rings is 1. The highest BCUT2D eigenvalue weighted by Gasteiger charge is 2.02. The first-order valence-corrected chi connectivity index (χ1v) is 5.65. The van der Waals surface area contributed by atoms with Gasteiger partial charge in [-0.05, 0) is 18.6 Å². The van der Waals surface area contributed by atoms with Gasteiger partial charge in [-0.15, -0.1) is 0 Å². The molecule has 0 atom stereocenters. The van der Waals surface area contributed by atoms with Gasteiger partial charge in [0.05, 0.1) is 12.7 Å². The van der Waals surface area contributed by atoms with E-state index < -0.39 is 0 Å². The Bertz CT molecular complexity index is 426. The van der Waals surface area contributed by atoms with Crippen molar-refractivity contribution < 1.29 is 14.3 Å². The first-order chi connectivity index (χ1) is 8.76. The summed E-state index contributed by atoms with van der Waals surface area (Å²) >= 11 is 0. The number of nitrogens with one attached hydrogen (secondary N) is 1. The molecule has 18 heavy (non-hydrogen) atoms. The highest BCUT2D eigenvalue weighted by molar-refractivity contribution is 5.91. The average molecular weight is 248 g/mol. The van der Waals surface area contributed by atoms with Crippen LogP contribution in [0.1, 0.15) is 12.8 Å². The maximum absolute atomic E-state index is 11.3. The summed E-state index contributed by atoms with van der Waals surface area (Å²) in [6.07, 6.45) is 1.17. The van der Waals surface area contributed by atoms with E-state index in [9.17, 15) is 4.79 Å². The van der Waals surface area contributed by atoms with E-state index in [0.29, 0.717) is 30.9 Å². The maximum Gasteiger partial charge on any atom is 0.250 e. The molecule has 0 aromatic heterocycles. The molecule has 5 heteroatoms. The van der Waals surface area contributed by atoms with E-state index >= 15 is 0 Å². The summed E-state index contributed by atoms with van der Waals surface area (Å²) in [5, 5.41) is 11.1. The van der Waals surface area contributed by atoms with Gasteiger partial charge in [0.15, 0.2) is 0 Å². The van der Waals surface area contributed by atoms with Gasteiger partial charge in [-0.2, -0.15) is 5.26 Å². The van der Waals surface area contributed by atoms with Crippen molar-refractivity contribution >= 4 is 11.6 Å². The van der Waals surface area contributed by atoms with Gasteiger partial charge in [0.2, 0.25) is 5.91 Å². The van der Waals surface area contributed by atoms with Gasteiger partial charge in [-0.25, -0.2) is 0 Å². The molecule has 1 aromatic carbocycles. The lowest BCUT2D eigenvalue weighted by atomic mass is 10.3. The topological polar surface area (TPSA) is 71.3 Å². The predicted octanol–water partition coefficient (Wildman–Crippen LogP) is 1.95. The molecule has 5 nitrogen and oxygen atoms in total. The summed E-state index contributed by atoms with van der Waals surface area (Å²) in [5.74, 6) is 0.460. The normalized spacial score (nSPS) is 9.56. The highest BCUT2D eigenvalue weighted by Crippen LogP contribution is 2.17. The second-order valence-electron chi connectivity index (χ2n) is 3.62. The number of rotatable bonds is 7. The summed E-state index contributed by atoms with van der Waals surface area (Å²) < 4.78 is 10.2. The Labute approximate surface area is 106 Å². The summed E-state index contributed by atoms with van der Waals surface area (Å²) in [6.45, 7) is 0.510. The summed E-state index contributed by atoms with van der Waals surface area (Å²) in [6, 6.07) is 9.16. The van der Waals surface area contributed by atoms with E-state index in [1.807, 2.05) is 0 Å². The Morgan fingerprint density at radius 2 is 2.33 bits per heavy atom. The van der Waals surface area contributed by atoms with Crippen LogP contribution in [0.25, 0.3) is 0 Å². The van der Waals surface area contributed by atoms with Gasteiger partial charge in [-0.1, -0.05) is 6.07 Å². The third-order valence-electron chi connectivity index (χ3n) is 2.09. The average Bonchev–Trinajstić information content (AvgIpc) is 2.35. The first kappa shape index (κ1) is 14.0. The number of carbonyl (C=O) groups is 1. The minimum Gasteiger partial charge on any atom is -0.493 e. The molecule has 1 amide bonds. The Balaban J connectivity index is 2.46. The van der Waals surface area contributed by atoms with E-state index in [4.69, 9.17) is 14.7 Å². The minimum absolute atomic E-state index is 0.0211. The minimum atomic E-state index is -0.209. The van der Waals surface area contributed by atoms with Crippen molar-refractivity contribution in [2.75, 3.05) is 25.6 Å². The van der Waals surface area contributed by atoms with Crippen LogP contribution in [0.15, 0.2) is 24.3 Å². The number of carbonyl (C=O) groups excluding carboxylic acids is 1. The van der Waals surface area contributed by atoms with Crippen molar-refractivity contribution in [3.63, 3.8) is 0 Å². The van der Waals surface area contributed by atoms with Crippen LogP contribution >= 0.6 is 0 Å². The number of anilines is 1. The van der Waals surface area contributed by atoms with Crippen molar-refractivity contribution in [2.45, 2.75) is 12.8 Å². The number of methoxy groups -OCH3 is 1. The summed E-state index contributed by atoms with van der Waals surface area (Å²) in [7, 11) is 1.47. The summed E-state index contributed by atoms with van der Waals surface area (Å²) in [5.41, 5.74) is 0.662. The number of hydrogen-bond acceptors (Lipinski definition) is 4. The van der Waals surface area contributed by atoms with Crippen LogP contribution in [0.3, 0.4) is 0 Å². The van der Waals surface area contributed by atoms with Crippen LogP contribution in [-0.4, -0.2) is 26.2 Å². The zero-order chi connectivity index (χ0) is 13.2. The van der Waals surface area contributed by atoms with Crippen molar-refractivity contribution in [1.82, 2.24) is 0 Å². The molecule has 0 bridgehead atoms. The molecule has 0 fully saturated rings. The predicted molar refractivity (Wildman–Crippen MR) is 67.3 cm³/mol. The van der Waals surface area contributed by atoms with Crippen LogP contribution in [0, 0.1) is 11.3 Å². The molecule has 0 heterocycles. The third kappa shape index (κ3) is 5.32. The van der Waals surface area contributed by atoms with Crippen molar-refractivity contribution in [3.05, 3.63) is 24.3 Å². The molecule has 0 radical (unpaired) electrons. The molecule has 0 spiro atoms. The fourth-order valence-electron chi connectivity index (χ4n) is 1.33. The monoisotopic (exact) mass is 248 g/mol. The number of amides is 1. The Kier molecular flexibility index (Phi) is 6.30. The van der Waals surface area contributed by atoms with Gasteiger partial charge in [-0.3, -0.25) is 4.79 Å². The lowest BCUT2D eigenvalue weighted by Gasteiger charge is -2.08. The molecule has 0 aliphatic rings. The standard InChI is InChI=1S/C13H16N2O3/c1-17-10-13(16)15-11-5-4-6-12(9-11)18-8-3-2-7-14/h4-6,9H,2-3,8,10H2,1H3,(H,15,16). The van der Waals surface area contributed by atoms with E-state index in [2.05, 4.69) is 11.4 Å². The fraction of sp³-hybridized carbons (Fsp3) is 0.385. The second kappa shape index (κ2) is 8.09. The van der Waals surface area contributed by atoms with Gasteiger partial charge >= 0.3 is 0 Å². The number of nitriles is 1. The van der Waals surface area contributed by atoms with Crippen LogP contribution in [0.5, 0.6) is 5.75 Å². The molecule has 0 saturated heterocycles. The molecule has 0 unspecified atom stereocenters. The smallest absolute Gasteiger partial charge is 0.250 e. The van der Waals surface area contributed by atoms with Crippen LogP contribution in [0.4, 0.5) is 5.69 Å². The zero-order valence-electron chi connectivity index (χ0n) is 10.3. The van der Waals surface area contributed by atoms with E-state index in [1.54, 1.807) is 24.3 Å². The van der Waals surface area contributed by atoms with Crippen LogP contribution in [0.2, 0.25) is 0 Å². The Morgan fingerprint density at radius 3 is 3.06 bits per heavy atom. The first-order valence-electron chi connectivity index (χ1n) is 5.65. The van der Waals surface area contributed by atoms with Crippen LogP contribution < -0.4 is 10.1 Å². The van der Waals surface area contributed by atoms with Gasteiger partial charge in [0.1, 0.15) is 12.4 Å². The number of hydrogen-bond donors (Lipinski definition) is 1. The number of unbranched alkanes of at least 4 members (excludes halogenated alkanes) is 1. The maximum atomic E-state index is 11.3. The molecule has 1 N–H and O–H groups in total. The third-order valence-corrected chi connectivity index (χ3v) is 2.09. The molecule has 1 aromatic rings. The second-order valence-corrected chi connectivity index (χ2v) is 3.62. The van der Waals surface area contributed by atoms with E-state index in [0.717, 1.165) is 0 Å². The molecular weight excluding hydrogens is 232 g/mol. The summed E-state index contributed by atoms with van der Waals surface area (Å²) in [4.78, 5) is 11.3. The van der Waals surface area contributed by atoms with Crippen molar-refractivity contribution in [2.24, 2.45) is 0 Å². The van der Waals surface area contributed by atoms with Crippen LogP contribution in [-0.2, 0) is 9.53 Å². The van der Waals surface area contributed by atoms with Gasteiger partial charge in [0, 0.05) is 25.3 Å². The van der Waals surface area contributed by atoms with E-state index in [1.165, 1.54) is 7.11 Å². The lowest BCUT2D eigenvalue weighted by Crippen LogP contribution is -2.17. The SMILES string of the molecule is COCC(=O)Nc1cccc(OCCCC#N)c1. The number of nitrogens with zero attached hydrogens (tertiary/aromatic N) is 1. The van der Waals surface area contributed by atoms with Crippen molar-refractivity contribution in [1.29, 1.82) is 5.26 Å². The molecule has 0 saturated carbocycles. The zero-order valence-corrected chi connectivity index (χ0v) is 10.3. The molecule has 96 valence electrons. The fourth-order valence-corrected chi connectivity index (χ4v) is 1.33. The van der Waals surface area contributed by atoms with Crippen molar-refractivity contribution in [3.8, 4) is 11.8 Å². The molecule has 0 aliphatic heterocycles. The van der Waals surface area contributed by atoms with Gasteiger partial charge in [0.25, 0.3) is 0 Å². The van der Waals surface area contributed by atoms with E-state index in [-0.39, 0.29) is 12.5 Å². The largest absolute Gasteiger partial charge is 0.493 e. The lowest BCUT2D eigenvalue weighted by molar-refractivity contribution is -0.119. The Hall–Kier alpha value is -2.06. The molecular formula is C13H16N2O3. The Morgan fingerprint density at radius 1 is 1.50 bits per heavy atom.